The summed E-state index contributed by atoms with van der Waals surface area (Å²) in [5.74, 6) is 0.887. The highest BCUT2D eigenvalue weighted by Crippen LogP contribution is 2.38. The lowest BCUT2D eigenvalue weighted by Gasteiger charge is -2.38. The largest absolute Gasteiger partial charge is 0.415 e. The summed E-state index contributed by atoms with van der Waals surface area (Å²) in [7, 11) is -1.78. The highest BCUT2D eigenvalue weighted by Gasteiger charge is 2.39. The topological polar surface area (TPSA) is 56.1 Å². The molecule has 2 aromatic heterocycles. The van der Waals surface area contributed by atoms with Crippen molar-refractivity contribution >= 4 is 36.8 Å². The van der Waals surface area contributed by atoms with Gasteiger partial charge in [0.2, 0.25) is 5.28 Å². The number of fused-ring (bicyclic) bond motifs is 1. The molecule has 0 aliphatic carbocycles. The van der Waals surface area contributed by atoms with Gasteiger partial charge in [-0.15, -0.1) is 0 Å². The molecule has 0 aromatic carbocycles. The zero-order chi connectivity index (χ0) is 20.0. The van der Waals surface area contributed by atoms with E-state index in [-0.39, 0.29) is 16.4 Å². The van der Waals surface area contributed by atoms with E-state index in [9.17, 15) is 0 Å². The molecule has 0 spiro atoms. The SMILES string of the molecule is CC(C)n1ncc2c(N3CCC[C@H]3CO[Si](C)(C)C(C)(C)C)nc(Cl)nc21. The van der Waals surface area contributed by atoms with Crippen molar-refractivity contribution in [3.63, 3.8) is 0 Å². The molecular formula is C19H32ClN5OSi. The van der Waals surface area contributed by atoms with Gasteiger partial charge in [-0.25, -0.2) is 4.68 Å². The van der Waals surface area contributed by atoms with Crippen LogP contribution in [0.15, 0.2) is 6.20 Å². The van der Waals surface area contributed by atoms with Gasteiger partial charge in [0, 0.05) is 12.6 Å². The summed E-state index contributed by atoms with van der Waals surface area (Å²) in [5, 5.41) is 5.96. The molecule has 1 atom stereocenters. The predicted octanol–water partition coefficient (Wildman–Crippen LogP) is 5.05. The van der Waals surface area contributed by atoms with E-state index in [2.05, 4.69) is 67.7 Å². The Bertz CT molecular complexity index is 814. The molecule has 1 fully saturated rings. The lowest BCUT2D eigenvalue weighted by Crippen LogP contribution is -2.45. The Morgan fingerprint density at radius 3 is 2.63 bits per heavy atom. The smallest absolute Gasteiger partial charge is 0.226 e. The van der Waals surface area contributed by atoms with Crippen LogP contribution in [-0.2, 0) is 4.43 Å². The molecule has 150 valence electrons. The van der Waals surface area contributed by atoms with Crippen LogP contribution in [0, 0.1) is 0 Å². The molecule has 0 bridgehead atoms. The molecule has 0 radical (unpaired) electrons. The standard InChI is InChI=1S/C19H32ClN5OSi/c1-13(2)25-17-15(11-21-25)16(22-18(20)23-17)24-10-8-9-14(24)12-26-27(6,7)19(3,4)5/h11,13-14H,8-10,12H2,1-7H3/t14-/m0/s1. The molecule has 3 heterocycles. The first-order chi connectivity index (χ1) is 12.5. The molecular weight excluding hydrogens is 378 g/mol. The van der Waals surface area contributed by atoms with E-state index in [1.165, 1.54) is 0 Å². The maximum absolute atomic E-state index is 6.52. The molecule has 2 aromatic rings. The molecule has 3 rings (SSSR count). The summed E-state index contributed by atoms with van der Waals surface area (Å²) in [4.78, 5) is 11.4. The second-order valence-electron chi connectivity index (χ2n) is 9.30. The summed E-state index contributed by atoms with van der Waals surface area (Å²) >= 11 is 6.28. The molecule has 0 N–H and O–H groups in total. The van der Waals surface area contributed by atoms with Crippen molar-refractivity contribution in [2.75, 3.05) is 18.1 Å². The third-order valence-electron chi connectivity index (χ3n) is 5.99. The van der Waals surface area contributed by atoms with Crippen LogP contribution < -0.4 is 4.90 Å². The Labute approximate surface area is 168 Å². The maximum atomic E-state index is 6.52. The summed E-state index contributed by atoms with van der Waals surface area (Å²) in [6.45, 7) is 17.3. The molecule has 1 aliphatic rings. The van der Waals surface area contributed by atoms with Crippen LogP contribution in [0.3, 0.4) is 0 Å². The fourth-order valence-electron chi connectivity index (χ4n) is 3.29. The number of anilines is 1. The minimum atomic E-state index is -1.78. The molecule has 0 saturated carbocycles. The first-order valence-electron chi connectivity index (χ1n) is 9.82. The van der Waals surface area contributed by atoms with Crippen molar-refractivity contribution in [2.45, 2.75) is 77.7 Å². The van der Waals surface area contributed by atoms with Crippen molar-refractivity contribution in [1.29, 1.82) is 0 Å². The fraction of sp³-hybridized carbons (Fsp3) is 0.737. The minimum Gasteiger partial charge on any atom is -0.415 e. The number of halogens is 1. The normalized spacial score (nSPS) is 18.9. The first kappa shape index (κ1) is 20.5. The van der Waals surface area contributed by atoms with Crippen LogP contribution >= 0.6 is 11.6 Å². The number of aromatic nitrogens is 4. The van der Waals surface area contributed by atoms with E-state index >= 15 is 0 Å². The average molecular weight is 410 g/mol. The Kier molecular flexibility index (Phi) is 5.58. The van der Waals surface area contributed by atoms with Gasteiger partial charge in [0.05, 0.1) is 24.2 Å². The van der Waals surface area contributed by atoms with Crippen LogP contribution in [0.1, 0.15) is 53.5 Å². The number of rotatable bonds is 5. The molecule has 0 unspecified atom stereocenters. The van der Waals surface area contributed by atoms with Crippen LogP contribution in [0.25, 0.3) is 11.0 Å². The van der Waals surface area contributed by atoms with Gasteiger partial charge in [-0.1, -0.05) is 20.8 Å². The first-order valence-corrected chi connectivity index (χ1v) is 13.1. The second-order valence-corrected chi connectivity index (χ2v) is 14.4. The van der Waals surface area contributed by atoms with E-state index in [1.54, 1.807) is 0 Å². The summed E-state index contributed by atoms with van der Waals surface area (Å²) in [6, 6.07) is 0.535. The van der Waals surface area contributed by atoms with E-state index in [0.29, 0.717) is 6.04 Å². The third-order valence-corrected chi connectivity index (χ3v) is 10.7. The van der Waals surface area contributed by atoms with Crippen LogP contribution in [0.4, 0.5) is 5.82 Å². The van der Waals surface area contributed by atoms with E-state index < -0.39 is 8.32 Å². The Balaban J connectivity index is 1.89. The van der Waals surface area contributed by atoms with Crippen molar-refractivity contribution < 1.29 is 4.43 Å². The van der Waals surface area contributed by atoms with Crippen LogP contribution in [0.2, 0.25) is 23.4 Å². The molecule has 0 amide bonds. The van der Waals surface area contributed by atoms with Crippen molar-refractivity contribution in [3.05, 3.63) is 11.5 Å². The minimum absolute atomic E-state index is 0.209. The van der Waals surface area contributed by atoms with Crippen LogP contribution in [-0.4, -0.2) is 47.3 Å². The monoisotopic (exact) mass is 409 g/mol. The van der Waals surface area contributed by atoms with Gasteiger partial charge in [0.1, 0.15) is 5.82 Å². The van der Waals surface area contributed by atoms with E-state index in [0.717, 1.165) is 42.8 Å². The summed E-state index contributed by atoms with van der Waals surface area (Å²) in [6.07, 6.45) is 4.11. The fourth-order valence-corrected chi connectivity index (χ4v) is 4.49. The van der Waals surface area contributed by atoms with E-state index in [1.807, 2.05) is 10.9 Å². The average Bonchev–Trinajstić information content (AvgIpc) is 3.17. The predicted molar refractivity (Wildman–Crippen MR) is 114 cm³/mol. The maximum Gasteiger partial charge on any atom is 0.226 e. The third kappa shape index (κ3) is 4.00. The highest BCUT2D eigenvalue weighted by molar-refractivity contribution is 6.74. The number of hydrogen-bond acceptors (Lipinski definition) is 5. The molecule has 8 heteroatoms. The van der Waals surface area contributed by atoms with Gasteiger partial charge in [-0.2, -0.15) is 15.1 Å². The Morgan fingerprint density at radius 1 is 1.30 bits per heavy atom. The number of nitrogens with zero attached hydrogens (tertiary/aromatic N) is 5. The van der Waals surface area contributed by atoms with Crippen molar-refractivity contribution in [2.24, 2.45) is 0 Å². The zero-order valence-electron chi connectivity index (χ0n) is 17.6. The lowest BCUT2D eigenvalue weighted by atomic mass is 10.2. The van der Waals surface area contributed by atoms with Gasteiger partial charge >= 0.3 is 0 Å². The van der Waals surface area contributed by atoms with Gasteiger partial charge in [-0.05, 0) is 56.4 Å². The number of hydrogen-bond donors (Lipinski definition) is 0. The quantitative estimate of drug-likeness (QED) is 0.510. The van der Waals surface area contributed by atoms with Gasteiger partial charge < -0.3 is 9.33 Å². The van der Waals surface area contributed by atoms with Crippen molar-refractivity contribution in [1.82, 2.24) is 19.7 Å². The molecule has 6 nitrogen and oxygen atoms in total. The zero-order valence-corrected chi connectivity index (χ0v) is 19.3. The highest BCUT2D eigenvalue weighted by atomic mass is 35.5. The summed E-state index contributed by atoms with van der Waals surface area (Å²) in [5.41, 5.74) is 0.802. The van der Waals surface area contributed by atoms with Gasteiger partial charge in [-0.3, -0.25) is 0 Å². The lowest BCUT2D eigenvalue weighted by molar-refractivity contribution is 0.263. The summed E-state index contributed by atoms with van der Waals surface area (Å²) < 4.78 is 8.42. The van der Waals surface area contributed by atoms with Gasteiger partial charge in [0.15, 0.2) is 14.0 Å². The molecule has 27 heavy (non-hydrogen) atoms. The molecule has 1 aliphatic heterocycles. The molecule has 1 saturated heterocycles. The van der Waals surface area contributed by atoms with Crippen LogP contribution in [0.5, 0.6) is 0 Å². The Morgan fingerprint density at radius 2 is 2.00 bits per heavy atom. The van der Waals surface area contributed by atoms with Crippen molar-refractivity contribution in [3.8, 4) is 0 Å². The Hall–Kier alpha value is -1.18. The second kappa shape index (κ2) is 7.33. The van der Waals surface area contributed by atoms with Gasteiger partial charge in [0.25, 0.3) is 0 Å². The van der Waals surface area contributed by atoms with E-state index in [4.69, 9.17) is 16.0 Å².